The molecule has 1 aromatic heterocycles. The van der Waals surface area contributed by atoms with E-state index in [-0.39, 0.29) is 43.3 Å². The Balaban J connectivity index is 1.35. The van der Waals surface area contributed by atoms with Gasteiger partial charge in [-0.15, -0.1) is 0 Å². The average Bonchev–Trinajstić information content (AvgIpc) is 3.35. The molecule has 3 atom stereocenters. The lowest BCUT2D eigenvalue weighted by Crippen LogP contribution is -2.47. The number of alkyl halides is 3. The molecule has 5 rings (SSSR count). The van der Waals surface area contributed by atoms with Crippen LogP contribution in [0.2, 0.25) is 0 Å². The predicted molar refractivity (Wildman–Crippen MR) is 175 cm³/mol. The number of aliphatic hydroxyl groups is 1. The Morgan fingerprint density at radius 3 is 2.55 bits per heavy atom. The Morgan fingerprint density at radius 1 is 1.13 bits per heavy atom. The van der Waals surface area contributed by atoms with E-state index < -0.39 is 17.8 Å². The smallest absolute Gasteiger partial charge is 0.416 e. The third-order valence-electron chi connectivity index (χ3n) is 8.76. The van der Waals surface area contributed by atoms with E-state index in [1.165, 1.54) is 12.1 Å². The summed E-state index contributed by atoms with van der Waals surface area (Å²) < 4.78 is 47.7. The Morgan fingerprint density at radius 2 is 1.85 bits per heavy atom. The second-order valence-corrected chi connectivity index (χ2v) is 12.6. The number of hydrogen-bond donors (Lipinski definition) is 2. The van der Waals surface area contributed by atoms with Crippen LogP contribution in [0.1, 0.15) is 36.1 Å². The highest BCUT2D eigenvalue weighted by Gasteiger charge is 2.32. The number of aromatic nitrogens is 1. The number of aliphatic hydroxyl groups excluding tert-OH is 1. The van der Waals surface area contributed by atoms with E-state index in [1.807, 2.05) is 60.9 Å². The molecule has 47 heavy (non-hydrogen) atoms. The number of nitrogens with zero attached hydrogens (tertiary/aromatic N) is 3. The minimum absolute atomic E-state index is 0.0214. The number of fused-ring (bicyclic) bond motifs is 2. The zero-order valence-electron chi connectivity index (χ0n) is 27.1. The molecule has 2 heterocycles. The number of halogens is 3. The highest BCUT2D eigenvalue weighted by Crippen LogP contribution is 2.31. The number of amides is 2. The van der Waals surface area contributed by atoms with Gasteiger partial charge in [-0.3, -0.25) is 14.5 Å². The molecule has 2 N–H and O–H groups in total. The molecule has 0 saturated heterocycles. The Kier molecular flexibility index (Phi) is 10.3. The van der Waals surface area contributed by atoms with Crippen LogP contribution in [0.25, 0.3) is 10.9 Å². The first-order valence-corrected chi connectivity index (χ1v) is 15.7. The fourth-order valence-corrected chi connectivity index (χ4v) is 6.15. The van der Waals surface area contributed by atoms with Crippen molar-refractivity contribution in [3.63, 3.8) is 0 Å². The third-order valence-corrected chi connectivity index (χ3v) is 8.76. The van der Waals surface area contributed by atoms with Crippen LogP contribution in [0.5, 0.6) is 5.75 Å². The number of carbonyl (C=O) groups excluding carboxylic acids is 2. The van der Waals surface area contributed by atoms with Gasteiger partial charge in [-0.25, -0.2) is 0 Å². The Bertz CT molecular complexity index is 1720. The van der Waals surface area contributed by atoms with Gasteiger partial charge >= 0.3 is 6.18 Å². The average molecular weight is 651 g/mol. The van der Waals surface area contributed by atoms with Gasteiger partial charge in [0.05, 0.1) is 31.1 Å². The molecule has 1 aliphatic heterocycles. The molecular formula is C36H41F3N4O4. The first-order valence-electron chi connectivity index (χ1n) is 15.7. The summed E-state index contributed by atoms with van der Waals surface area (Å²) >= 11 is 0. The molecule has 3 aromatic carbocycles. The summed E-state index contributed by atoms with van der Waals surface area (Å²) in [5.74, 6) is 0.0162. The van der Waals surface area contributed by atoms with Crippen molar-refractivity contribution in [2.24, 2.45) is 13.0 Å². The number of rotatable bonds is 9. The summed E-state index contributed by atoms with van der Waals surface area (Å²) in [7, 11) is 3.81. The summed E-state index contributed by atoms with van der Waals surface area (Å²) in [5, 5.41) is 13.9. The van der Waals surface area contributed by atoms with Crippen molar-refractivity contribution >= 4 is 28.4 Å². The molecule has 0 unspecified atom stereocenters. The topological polar surface area (TPSA) is 87.0 Å². The molecule has 11 heteroatoms. The van der Waals surface area contributed by atoms with E-state index in [1.54, 1.807) is 30.0 Å². The van der Waals surface area contributed by atoms with Crippen molar-refractivity contribution in [1.82, 2.24) is 14.4 Å². The number of benzene rings is 3. The highest BCUT2D eigenvalue weighted by atomic mass is 19.4. The first kappa shape index (κ1) is 34.0. The maximum Gasteiger partial charge on any atom is 0.416 e. The van der Waals surface area contributed by atoms with Gasteiger partial charge in [-0.2, -0.15) is 13.2 Å². The largest absolute Gasteiger partial charge is 0.488 e. The second kappa shape index (κ2) is 14.2. The van der Waals surface area contributed by atoms with Crippen LogP contribution in [0.3, 0.4) is 0 Å². The lowest BCUT2D eigenvalue weighted by molar-refractivity contribution is -0.137. The van der Waals surface area contributed by atoms with Gasteiger partial charge in [-0.1, -0.05) is 37.3 Å². The van der Waals surface area contributed by atoms with Crippen LogP contribution in [0.4, 0.5) is 18.9 Å². The summed E-state index contributed by atoms with van der Waals surface area (Å²) in [6.07, 6.45) is -2.63. The number of carbonyl (C=O) groups is 2. The summed E-state index contributed by atoms with van der Waals surface area (Å²) in [6, 6.07) is 17.9. The molecule has 0 spiro atoms. The molecule has 0 fully saturated rings. The third kappa shape index (κ3) is 8.15. The van der Waals surface area contributed by atoms with Crippen molar-refractivity contribution in [2.45, 2.75) is 51.6 Å². The molecule has 1 aliphatic rings. The molecular weight excluding hydrogens is 609 g/mol. The van der Waals surface area contributed by atoms with Crippen molar-refractivity contribution in [2.75, 3.05) is 32.1 Å². The monoisotopic (exact) mass is 650 g/mol. The Labute approximate surface area is 272 Å². The molecule has 8 nitrogen and oxygen atoms in total. The fraction of sp³-hybridized carbons (Fsp3) is 0.389. The maximum atomic E-state index is 13.6. The standard InChI is InChI=1S/C36H41F3N4O4/c1-23-18-43(24(2)22-44)35(46)17-26-15-29(40-34(45)16-27-20-42(4)31-8-6-5-7-30(27)31)13-14-32(26)47-33(23)21-41(3)19-25-9-11-28(12-10-25)36(37,38)39/h5-15,20,23-24,33,44H,16-19,21-22H2,1-4H3,(H,40,45)/t23-,24+,33-/m0/s1. The minimum atomic E-state index is -4.40. The van der Waals surface area contributed by atoms with Gasteiger partial charge in [0.25, 0.3) is 0 Å². The van der Waals surface area contributed by atoms with Gasteiger partial charge in [0.1, 0.15) is 11.9 Å². The van der Waals surface area contributed by atoms with Gasteiger partial charge in [0.2, 0.25) is 11.8 Å². The van der Waals surface area contributed by atoms with Crippen LogP contribution in [-0.4, -0.2) is 70.2 Å². The number of aryl methyl sites for hydroxylation is 1. The van der Waals surface area contributed by atoms with Crippen molar-refractivity contribution in [3.05, 3.63) is 95.2 Å². The Hall–Kier alpha value is -4.35. The van der Waals surface area contributed by atoms with E-state index >= 15 is 0 Å². The molecule has 0 bridgehead atoms. The van der Waals surface area contributed by atoms with Crippen LogP contribution >= 0.6 is 0 Å². The van der Waals surface area contributed by atoms with E-state index in [9.17, 15) is 27.9 Å². The number of nitrogens with one attached hydrogen (secondary N) is 1. The van der Waals surface area contributed by atoms with E-state index in [0.29, 0.717) is 36.6 Å². The molecule has 2 amide bonds. The summed E-state index contributed by atoms with van der Waals surface area (Å²) in [6.45, 7) is 4.75. The number of para-hydroxylation sites is 1. The molecule has 0 saturated carbocycles. The van der Waals surface area contributed by atoms with Crippen LogP contribution in [0, 0.1) is 5.92 Å². The molecule has 0 radical (unpaired) electrons. The van der Waals surface area contributed by atoms with E-state index in [2.05, 4.69) is 5.32 Å². The quantitative estimate of drug-likeness (QED) is 0.244. The van der Waals surface area contributed by atoms with E-state index in [0.717, 1.165) is 34.2 Å². The minimum Gasteiger partial charge on any atom is -0.488 e. The fourth-order valence-electron chi connectivity index (χ4n) is 6.15. The maximum absolute atomic E-state index is 13.6. The van der Waals surface area contributed by atoms with Crippen molar-refractivity contribution in [1.29, 1.82) is 0 Å². The molecule has 250 valence electrons. The summed E-state index contributed by atoms with van der Waals surface area (Å²) in [4.78, 5) is 30.4. The normalized spacial score (nSPS) is 17.9. The SMILES string of the molecule is C[C@H](CO)N1C[C@H](C)[C@H](CN(C)Cc2ccc(C(F)(F)F)cc2)Oc2ccc(NC(=O)Cc3cn(C)c4ccccc34)cc2CC1=O. The number of anilines is 1. The molecule has 4 aromatic rings. The number of likely N-dealkylation sites (N-methyl/N-ethyl adjacent to an activating group) is 1. The van der Waals surface area contributed by atoms with Gasteiger partial charge < -0.3 is 24.6 Å². The lowest BCUT2D eigenvalue weighted by atomic mass is 10.0. The van der Waals surface area contributed by atoms with Gasteiger partial charge in [-0.05, 0) is 61.5 Å². The highest BCUT2D eigenvalue weighted by molar-refractivity contribution is 5.96. The number of ether oxygens (including phenoxy) is 1. The van der Waals surface area contributed by atoms with E-state index in [4.69, 9.17) is 4.74 Å². The first-order chi connectivity index (χ1) is 22.3. The second-order valence-electron chi connectivity index (χ2n) is 12.6. The van der Waals surface area contributed by atoms with Crippen LogP contribution in [0.15, 0.2) is 72.9 Å². The van der Waals surface area contributed by atoms with Crippen LogP contribution < -0.4 is 10.1 Å². The van der Waals surface area contributed by atoms with Crippen LogP contribution in [-0.2, 0) is 42.2 Å². The summed E-state index contributed by atoms with van der Waals surface area (Å²) in [5.41, 5.74) is 3.13. The number of hydrogen-bond acceptors (Lipinski definition) is 5. The zero-order valence-corrected chi connectivity index (χ0v) is 27.1. The molecule has 0 aliphatic carbocycles. The van der Waals surface area contributed by atoms with Gasteiger partial charge in [0.15, 0.2) is 0 Å². The zero-order chi connectivity index (χ0) is 33.9. The van der Waals surface area contributed by atoms with Gasteiger partial charge in [0, 0.05) is 61.0 Å². The lowest BCUT2D eigenvalue weighted by Gasteiger charge is -2.34. The van der Waals surface area contributed by atoms with Crippen molar-refractivity contribution < 1.29 is 32.6 Å². The predicted octanol–water partition coefficient (Wildman–Crippen LogP) is 5.66. The van der Waals surface area contributed by atoms with Crippen molar-refractivity contribution in [3.8, 4) is 5.75 Å².